The van der Waals surface area contributed by atoms with E-state index in [1.165, 1.54) is 103 Å². The number of unbranched alkanes of at least 4 members (excludes halogenated alkanes) is 23. The van der Waals surface area contributed by atoms with Crippen molar-refractivity contribution >= 4 is 17.9 Å². The lowest BCUT2D eigenvalue weighted by Gasteiger charge is -2.18. The highest BCUT2D eigenvalue weighted by atomic mass is 16.6. The summed E-state index contributed by atoms with van der Waals surface area (Å²) in [4.78, 5) is 38.2. The highest BCUT2D eigenvalue weighted by Crippen LogP contribution is 2.15. The van der Waals surface area contributed by atoms with Crippen molar-refractivity contribution in [2.75, 3.05) is 13.2 Å². The maximum atomic E-state index is 12.8. The highest BCUT2D eigenvalue weighted by Gasteiger charge is 2.19. The maximum Gasteiger partial charge on any atom is 0.306 e. The molecule has 0 saturated carbocycles. The lowest BCUT2D eigenvalue weighted by Crippen LogP contribution is -2.30. The molecule has 6 nitrogen and oxygen atoms in total. The molecule has 0 aliphatic heterocycles. The third-order valence-electron chi connectivity index (χ3n) is 12.7. The summed E-state index contributed by atoms with van der Waals surface area (Å²) < 4.78 is 16.8. The lowest BCUT2D eigenvalue weighted by molar-refractivity contribution is -0.167. The molecule has 0 aromatic carbocycles. The van der Waals surface area contributed by atoms with Crippen molar-refractivity contribution in [2.24, 2.45) is 0 Å². The smallest absolute Gasteiger partial charge is 0.306 e. The van der Waals surface area contributed by atoms with Crippen LogP contribution in [0.15, 0.2) is 122 Å². The van der Waals surface area contributed by atoms with E-state index in [0.717, 1.165) is 122 Å². The summed E-state index contributed by atoms with van der Waals surface area (Å²) in [6, 6.07) is 0. The zero-order chi connectivity index (χ0) is 53.6. The predicted octanol–water partition coefficient (Wildman–Crippen LogP) is 20.8. The van der Waals surface area contributed by atoms with E-state index in [1.807, 2.05) is 0 Å². The predicted molar refractivity (Wildman–Crippen MR) is 320 cm³/mol. The molecule has 0 aromatic heterocycles. The molecule has 0 rings (SSSR count). The molecule has 0 bridgehead atoms. The fourth-order valence-corrected chi connectivity index (χ4v) is 8.20. The molecule has 0 aromatic rings. The molecule has 74 heavy (non-hydrogen) atoms. The Balaban J connectivity index is 4.37. The van der Waals surface area contributed by atoms with Gasteiger partial charge in [0.2, 0.25) is 0 Å². The molecule has 0 saturated heterocycles. The van der Waals surface area contributed by atoms with Crippen LogP contribution in [0.25, 0.3) is 0 Å². The quantitative estimate of drug-likeness (QED) is 0.0261. The van der Waals surface area contributed by atoms with Crippen LogP contribution in [0.4, 0.5) is 0 Å². The molecular formula is C68H112O6. The monoisotopic (exact) mass is 1020 g/mol. The molecule has 6 heteroatoms. The third-order valence-corrected chi connectivity index (χ3v) is 12.7. The first kappa shape index (κ1) is 69.8. The normalized spacial score (nSPS) is 13.0. The number of ether oxygens (including phenoxy) is 3. The van der Waals surface area contributed by atoms with Gasteiger partial charge in [-0.25, -0.2) is 0 Å². The number of esters is 3. The number of hydrogen-bond acceptors (Lipinski definition) is 6. The van der Waals surface area contributed by atoms with Gasteiger partial charge in [0, 0.05) is 19.3 Å². The summed E-state index contributed by atoms with van der Waals surface area (Å²) in [5, 5.41) is 0. The zero-order valence-electron chi connectivity index (χ0n) is 48.1. The van der Waals surface area contributed by atoms with Crippen LogP contribution < -0.4 is 0 Å². The van der Waals surface area contributed by atoms with Gasteiger partial charge >= 0.3 is 17.9 Å². The first-order valence-corrected chi connectivity index (χ1v) is 30.5. The summed E-state index contributed by atoms with van der Waals surface area (Å²) in [7, 11) is 0. The van der Waals surface area contributed by atoms with Gasteiger partial charge in [0.25, 0.3) is 0 Å². The van der Waals surface area contributed by atoms with Crippen LogP contribution in [0.1, 0.15) is 271 Å². The molecular weight excluding hydrogens is 913 g/mol. The van der Waals surface area contributed by atoms with E-state index >= 15 is 0 Å². The molecule has 1 atom stereocenters. The lowest BCUT2D eigenvalue weighted by atomic mass is 10.0. The Hall–Kier alpha value is -4.19. The second-order valence-corrected chi connectivity index (χ2v) is 19.9. The van der Waals surface area contributed by atoms with Gasteiger partial charge in [-0.05, 0) is 109 Å². The van der Waals surface area contributed by atoms with Gasteiger partial charge < -0.3 is 14.2 Å². The summed E-state index contributed by atoms with van der Waals surface area (Å²) >= 11 is 0. The SMILES string of the molecule is CC/C=C\C/C=C\C/C=C\C/C=C\C/C=C\C/C=C\CCCCCCCCCCC(=O)OCC(COC(=O)CCCCCCCCCCCCCCCC)OC(=O)CCCC/C=C\C/C=C\C/C=C\C/C=C\CC. The summed E-state index contributed by atoms with van der Waals surface area (Å²) in [6.45, 7) is 6.38. The van der Waals surface area contributed by atoms with Gasteiger partial charge in [-0.1, -0.05) is 264 Å². The van der Waals surface area contributed by atoms with Crippen molar-refractivity contribution < 1.29 is 28.6 Å². The Kier molecular flexibility index (Phi) is 57.9. The molecule has 0 aliphatic carbocycles. The van der Waals surface area contributed by atoms with E-state index in [-0.39, 0.29) is 37.5 Å². The Morgan fingerprint density at radius 1 is 0.284 bits per heavy atom. The standard InChI is InChI=1S/C68H112O6/c1-4-7-10-13-16-19-22-25-28-29-30-31-32-33-34-35-36-37-38-39-41-43-46-49-52-55-58-61-67(70)73-64-65(63-72-66(69)60-57-54-51-48-45-42-27-24-21-18-15-12-9-6-3)74-68(71)62-59-56-53-50-47-44-40-26-23-20-17-14-11-8-5-2/h7-8,10-11,16-17,19-20,25-26,28,30-31,33-34,36-37,40,47,50,65H,4-6,9,12-15,18,21-24,27,29,32,35,38-39,41-46,48-49,51-64H2,1-3H3/b10-7-,11-8-,19-16-,20-17-,28-25-,31-30-,34-33-,37-36-,40-26-,50-47-. The van der Waals surface area contributed by atoms with Crippen LogP contribution in [-0.4, -0.2) is 37.2 Å². The largest absolute Gasteiger partial charge is 0.462 e. The average Bonchev–Trinajstić information content (AvgIpc) is 3.40. The highest BCUT2D eigenvalue weighted by molar-refractivity contribution is 5.71. The van der Waals surface area contributed by atoms with E-state index in [4.69, 9.17) is 14.2 Å². The Labute approximate surface area is 456 Å². The summed E-state index contributed by atoms with van der Waals surface area (Å²) in [5.41, 5.74) is 0. The number of hydrogen-bond donors (Lipinski definition) is 0. The molecule has 1 unspecified atom stereocenters. The van der Waals surface area contributed by atoms with Gasteiger partial charge in [-0.3, -0.25) is 14.4 Å². The maximum absolute atomic E-state index is 12.8. The summed E-state index contributed by atoms with van der Waals surface area (Å²) in [6.07, 6.45) is 84.8. The van der Waals surface area contributed by atoms with Gasteiger partial charge in [0.1, 0.15) is 13.2 Å². The fraction of sp³-hybridized carbons (Fsp3) is 0.662. The second-order valence-electron chi connectivity index (χ2n) is 19.9. The molecule has 0 amide bonds. The van der Waals surface area contributed by atoms with Crippen LogP contribution >= 0.6 is 0 Å². The molecule has 0 heterocycles. The van der Waals surface area contributed by atoms with Crippen molar-refractivity contribution in [1.29, 1.82) is 0 Å². The first-order chi connectivity index (χ1) is 36.5. The zero-order valence-corrected chi connectivity index (χ0v) is 48.1. The van der Waals surface area contributed by atoms with Crippen LogP contribution in [0.3, 0.4) is 0 Å². The van der Waals surface area contributed by atoms with Crippen LogP contribution in [-0.2, 0) is 28.6 Å². The van der Waals surface area contributed by atoms with Gasteiger partial charge in [0.15, 0.2) is 6.10 Å². The molecule has 0 fully saturated rings. The fourth-order valence-electron chi connectivity index (χ4n) is 8.20. The molecule has 0 spiro atoms. The number of carbonyl (C=O) groups excluding carboxylic acids is 3. The molecule has 420 valence electrons. The Bertz CT molecular complexity index is 1550. The average molecular weight is 1030 g/mol. The van der Waals surface area contributed by atoms with Crippen LogP contribution in [0.5, 0.6) is 0 Å². The Morgan fingerprint density at radius 2 is 0.527 bits per heavy atom. The number of carbonyl (C=O) groups is 3. The van der Waals surface area contributed by atoms with Crippen molar-refractivity contribution in [1.82, 2.24) is 0 Å². The first-order valence-electron chi connectivity index (χ1n) is 30.5. The van der Waals surface area contributed by atoms with E-state index in [9.17, 15) is 14.4 Å². The van der Waals surface area contributed by atoms with Crippen LogP contribution in [0.2, 0.25) is 0 Å². The minimum atomic E-state index is -0.805. The van der Waals surface area contributed by atoms with E-state index in [0.29, 0.717) is 19.3 Å². The minimum absolute atomic E-state index is 0.0974. The number of allylic oxidation sites excluding steroid dienone is 20. The molecule has 0 N–H and O–H groups in total. The molecule has 0 aliphatic rings. The van der Waals surface area contributed by atoms with Crippen molar-refractivity contribution in [3.8, 4) is 0 Å². The second kappa shape index (κ2) is 61.4. The topological polar surface area (TPSA) is 78.9 Å². The van der Waals surface area contributed by atoms with Gasteiger partial charge in [-0.15, -0.1) is 0 Å². The van der Waals surface area contributed by atoms with Crippen molar-refractivity contribution in [2.45, 2.75) is 277 Å². The minimum Gasteiger partial charge on any atom is -0.462 e. The van der Waals surface area contributed by atoms with Crippen molar-refractivity contribution in [3.63, 3.8) is 0 Å². The van der Waals surface area contributed by atoms with Gasteiger partial charge in [0.05, 0.1) is 0 Å². The number of rotatable bonds is 54. The van der Waals surface area contributed by atoms with E-state index in [1.54, 1.807) is 0 Å². The van der Waals surface area contributed by atoms with E-state index in [2.05, 4.69) is 142 Å². The van der Waals surface area contributed by atoms with E-state index < -0.39 is 6.10 Å². The van der Waals surface area contributed by atoms with Gasteiger partial charge in [-0.2, -0.15) is 0 Å². The molecule has 0 radical (unpaired) electrons. The Morgan fingerprint density at radius 3 is 0.851 bits per heavy atom. The third kappa shape index (κ3) is 58.7. The van der Waals surface area contributed by atoms with Crippen LogP contribution in [0, 0.1) is 0 Å². The summed E-state index contributed by atoms with van der Waals surface area (Å²) in [5.74, 6) is -0.945. The van der Waals surface area contributed by atoms with Crippen molar-refractivity contribution in [3.05, 3.63) is 122 Å².